The van der Waals surface area contributed by atoms with E-state index < -0.39 is 10.0 Å². The summed E-state index contributed by atoms with van der Waals surface area (Å²) in [7, 11) is -3.71. The lowest BCUT2D eigenvalue weighted by atomic mass is 10.2. The second kappa shape index (κ2) is 9.42. The molecule has 0 aliphatic heterocycles. The predicted octanol–water partition coefficient (Wildman–Crippen LogP) is 2.26. The van der Waals surface area contributed by atoms with Crippen LogP contribution >= 0.6 is 11.6 Å². The number of primary sulfonamides is 1. The van der Waals surface area contributed by atoms with Crippen LogP contribution < -0.4 is 20.5 Å². The summed E-state index contributed by atoms with van der Waals surface area (Å²) >= 11 is 5.98. The van der Waals surface area contributed by atoms with Crippen molar-refractivity contribution < 1.29 is 17.9 Å². The van der Waals surface area contributed by atoms with Crippen LogP contribution in [0.3, 0.4) is 0 Å². The number of rotatable bonds is 8. The maximum Gasteiger partial charge on any atom is 0.315 e. The molecule has 2 amide bonds. The molecule has 0 unspecified atom stereocenters. The number of amides is 2. The van der Waals surface area contributed by atoms with E-state index in [4.69, 9.17) is 21.5 Å². The zero-order valence-corrected chi connectivity index (χ0v) is 15.5. The molecule has 140 valence electrons. The smallest absolute Gasteiger partial charge is 0.315 e. The minimum absolute atomic E-state index is 0.0317. The molecule has 26 heavy (non-hydrogen) atoms. The summed E-state index contributed by atoms with van der Waals surface area (Å²) in [5, 5.41) is 11.0. The topological polar surface area (TPSA) is 111 Å². The van der Waals surface area contributed by atoms with Crippen molar-refractivity contribution in [2.45, 2.75) is 17.9 Å². The zero-order valence-electron chi connectivity index (χ0n) is 13.9. The molecule has 0 bridgehead atoms. The molecule has 0 saturated heterocycles. The van der Waals surface area contributed by atoms with Crippen LogP contribution in [0.5, 0.6) is 5.75 Å². The minimum atomic E-state index is -3.71. The second-order valence-corrected chi connectivity index (χ2v) is 7.40. The van der Waals surface area contributed by atoms with Gasteiger partial charge in [-0.05, 0) is 36.2 Å². The largest absolute Gasteiger partial charge is 0.492 e. The normalized spacial score (nSPS) is 11.0. The first-order valence-corrected chi connectivity index (χ1v) is 9.79. The molecule has 9 heteroatoms. The Morgan fingerprint density at radius 1 is 1.08 bits per heavy atom. The van der Waals surface area contributed by atoms with Gasteiger partial charge in [0.1, 0.15) is 5.75 Å². The standard InChI is InChI=1S/C17H20ClN3O4S/c18-15-4-1-2-5-16(15)25-11-3-10-20-17(22)21-12-13-6-8-14(9-7-13)26(19,23)24/h1-2,4-9H,3,10-12H2,(H2,19,23,24)(H2,20,21,22). The fraction of sp³-hybridized carbons (Fsp3) is 0.235. The highest BCUT2D eigenvalue weighted by Gasteiger charge is 2.07. The molecule has 2 aromatic rings. The first kappa shape index (κ1) is 20.0. The molecule has 2 rings (SSSR count). The van der Waals surface area contributed by atoms with Crippen molar-refractivity contribution in [1.82, 2.24) is 10.6 Å². The first-order chi connectivity index (χ1) is 12.4. The van der Waals surface area contributed by atoms with Gasteiger partial charge in [0.05, 0.1) is 16.5 Å². The third-order valence-electron chi connectivity index (χ3n) is 3.41. The molecular formula is C17H20ClN3O4S. The molecule has 0 spiro atoms. The van der Waals surface area contributed by atoms with Gasteiger partial charge in [0.15, 0.2) is 0 Å². The van der Waals surface area contributed by atoms with E-state index in [9.17, 15) is 13.2 Å². The van der Waals surface area contributed by atoms with Gasteiger partial charge < -0.3 is 15.4 Å². The number of nitrogens with one attached hydrogen (secondary N) is 2. The Morgan fingerprint density at radius 3 is 2.42 bits per heavy atom. The third-order valence-corrected chi connectivity index (χ3v) is 4.65. The lowest BCUT2D eigenvalue weighted by Gasteiger charge is -2.10. The van der Waals surface area contributed by atoms with Gasteiger partial charge in [0.25, 0.3) is 0 Å². The van der Waals surface area contributed by atoms with Gasteiger partial charge in [-0.15, -0.1) is 0 Å². The van der Waals surface area contributed by atoms with E-state index in [1.807, 2.05) is 12.1 Å². The van der Waals surface area contributed by atoms with Gasteiger partial charge in [0, 0.05) is 13.1 Å². The highest BCUT2D eigenvalue weighted by Crippen LogP contribution is 2.22. The number of carbonyl (C=O) groups excluding carboxylic acids is 1. The average Bonchev–Trinajstić information content (AvgIpc) is 2.61. The van der Waals surface area contributed by atoms with Crippen molar-refractivity contribution in [3.05, 3.63) is 59.1 Å². The summed E-state index contributed by atoms with van der Waals surface area (Å²) in [6.07, 6.45) is 0.627. The summed E-state index contributed by atoms with van der Waals surface area (Å²) in [4.78, 5) is 11.8. The molecule has 0 heterocycles. The van der Waals surface area contributed by atoms with Crippen molar-refractivity contribution in [3.8, 4) is 5.75 Å². The molecule has 0 saturated carbocycles. The molecule has 0 aliphatic carbocycles. The number of ether oxygens (including phenoxy) is 1. The van der Waals surface area contributed by atoms with Gasteiger partial charge >= 0.3 is 6.03 Å². The minimum Gasteiger partial charge on any atom is -0.492 e. The van der Waals surface area contributed by atoms with Crippen molar-refractivity contribution in [2.24, 2.45) is 5.14 Å². The van der Waals surface area contributed by atoms with Crippen LogP contribution in [0.1, 0.15) is 12.0 Å². The van der Waals surface area contributed by atoms with E-state index in [-0.39, 0.29) is 17.5 Å². The lowest BCUT2D eigenvalue weighted by molar-refractivity contribution is 0.238. The molecular weight excluding hydrogens is 378 g/mol. The van der Waals surface area contributed by atoms with Crippen LogP contribution in [0.4, 0.5) is 4.79 Å². The monoisotopic (exact) mass is 397 g/mol. The van der Waals surface area contributed by atoms with E-state index in [2.05, 4.69) is 10.6 Å². The molecule has 2 aromatic carbocycles. The van der Waals surface area contributed by atoms with E-state index in [1.165, 1.54) is 12.1 Å². The van der Waals surface area contributed by atoms with Crippen LogP contribution in [-0.4, -0.2) is 27.6 Å². The summed E-state index contributed by atoms with van der Waals surface area (Å²) < 4.78 is 27.9. The van der Waals surface area contributed by atoms with E-state index in [1.54, 1.807) is 24.3 Å². The molecule has 4 N–H and O–H groups in total. The van der Waals surface area contributed by atoms with Crippen molar-refractivity contribution >= 4 is 27.7 Å². The molecule has 0 radical (unpaired) electrons. The van der Waals surface area contributed by atoms with Gasteiger partial charge in [-0.3, -0.25) is 0 Å². The Balaban J connectivity index is 1.64. The van der Waals surface area contributed by atoms with Crippen molar-refractivity contribution in [1.29, 1.82) is 0 Å². The molecule has 0 aromatic heterocycles. The number of hydrogen-bond donors (Lipinski definition) is 3. The van der Waals surface area contributed by atoms with Gasteiger partial charge in [-0.2, -0.15) is 0 Å². The van der Waals surface area contributed by atoms with Gasteiger partial charge in [0.2, 0.25) is 10.0 Å². The number of para-hydroxylation sites is 1. The summed E-state index contributed by atoms with van der Waals surface area (Å²) in [5.41, 5.74) is 0.759. The Kier molecular flexibility index (Phi) is 7.26. The average molecular weight is 398 g/mol. The molecule has 0 fully saturated rings. The lowest BCUT2D eigenvalue weighted by Crippen LogP contribution is -2.36. The molecule has 0 atom stereocenters. The maximum absolute atomic E-state index is 11.7. The Labute approximate surface area is 157 Å². The number of hydrogen-bond acceptors (Lipinski definition) is 4. The SMILES string of the molecule is NS(=O)(=O)c1ccc(CNC(=O)NCCCOc2ccccc2Cl)cc1. The quantitative estimate of drug-likeness (QED) is 0.593. The van der Waals surface area contributed by atoms with Gasteiger partial charge in [-0.1, -0.05) is 35.9 Å². The number of sulfonamides is 1. The van der Waals surface area contributed by atoms with Crippen LogP contribution in [-0.2, 0) is 16.6 Å². The summed E-state index contributed by atoms with van der Waals surface area (Å²) in [6, 6.07) is 12.9. The van der Waals surface area contributed by atoms with Crippen molar-refractivity contribution in [3.63, 3.8) is 0 Å². The molecule has 0 aliphatic rings. The van der Waals surface area contributed by atoms with E-state index in [0.717, 1.165) is 5.56 Å². The summed E-state index contributed by atoms with van der Waals surface area (Å²) in [5.74, 6) is 0.613. The summed E-state index contributed by atoms with van der Waals surface area (Å²) in [6.45, 7) is 1.15. The number of nitrogens with two attached hydrogens (primary N) is 1. The first-order valence-electron chi connectivity index (χ1n) is 7.87. The van der Waals surface area contributed by atoms with Crippen molar-refractivity contribution in [2.75, 3.05) is 13.2 Å². The second-order valence-electron chi connectivity index (χ2n) is 5.43. The highest BCUT2D eigenvalue weighted by molar-refractivity contribution is 7.89. The zero-order chi connectivity index (χ0) is 19.0. The maximum atomic E-state index is 11.7. The van der Waals surface area contributed by atoms with E-state index >= 15 is 0 Å². The third kappa shape index (κ3) is 6.55. The fourth-order valence-electron chi connectivity index (χ4n) is 2.06. The van der Waals surface area contributed by atoms with Crippen LogP contribution in [0.25, 0.3) is 0 Å². The number of carbonyl (C=O) groups is 1. The van der Waals surface area contributed by atoms with E-state index in [0.29, 0.717) is 30.3 Å². The Bertz CT molecular complexity index is 841. The van der Waals surface area contributed by atoms with Crippen LogP contribution in [0.2, 0.25) is 5.02 Å². The number of urea groups is 1. The van der Waals surface area contributed by atoms with Crippen LogP contribution in [0, 0.1) is 0 Å². The Morgan fingerprint density at radius 2 is 1.77 bits per heavy atom. The van der Waals surface area contributed by atoms with Crippen LogP contribution in [0.15, 0.2) is 53.4 Å². The van der Waals surface area contributed by atoms with Gasteiger partial charge in [-0.25, -0.2) is 18.4 Å². The Hall–Kier alpha value is -2.29. The number of benzene rings is 2. The highest BCUT2D eigenvalue weighted by atomic mass is 35.5. The number of halogens is 1. The predicted molar refractivity (Wildman–Crippen MR) is 99.6 cm³/mol. The fourth-order valence-corrected chi connectivity index (χ4v) is 2.77. The molecule has 7 nitrogen and oxygen atoms in total.